The molecule has 6 heteroatoms. The summed E-state index contributed by atoms with van der Waals surface area (Å²) in [4.78, 5) is 14.3. The lowest BCUT2D eigenvalue weighted by Gasteiger charge is -2.25. The SMILES string of the molecule is CCC(O)CNC(=O)C1(Cl)CC=CN=C1Cl. The van der Waals surface area contributed by atoms with Crippen molar-refractivity contribution >= 4 is 34.3 Å². The third-order valence-electron chi connectivity index (χ3n) is 2.35. The minimum absolute atomic E-state index is 0.0557. The predicted molar refractivity (Wildman–Crippen MR) is 64.9 cm³/mol. The maximum atomic E-state index is 11.8. The Morgan fingerprint density at radius 3 is 3.06 bits per heavy atom. The van der Waals surface area contributed by atoms with E-state index in [0.29, 0.717) is 12.8 Å². The van der Waals surface area contributed by atoms with Crippen molar-refractivity contribution in [3.63, 3.8) is 0 Å². The van der Waals surface area contributed by atoms with Gasteiger partial charge in [0.25, 0.3) is 0 Å². The standard InChI is InChI=1S/C10H14Cl2N2O2/c1-2-7(15)6-14-9(16)10(12)4-3-5-13-8(10)11/h3,5,7,15H,2,4,6H2,1H3,(H,14,16). The van der Waals surface area contributed by atoms with Gasteiger partial charge in [-0.15, -0.1) is 11.6 Å². The lowest BCUT2D eigenvalue weighted by atomic mass is 10.0. The van der Waals surface area contributed by atoms with Crippen LogP contribution in [0.1, 0.15) is 19.8 Å². The van der Waals surface area contributed by atoms with Gasteiger partial charge in [0.05, 0.1) is 6.10 Å². The first kappa shape index (κ1) is 13.5. The number of carbonyl (C=O) groups is 1. The number of nitrogens with one attached hydrogen (secondary N) is 1. The first-order valence-electron chi connectivity index (χ1n) is 5.04. The van der Waals surface area contributed by atoms with E-state index in [-0.39, 0.29) is 11.7 Å². The van der Waals surface area contributed by atoms with Crippen molar-refractivity contribution in [1.29, 1.82) is 0 Å². The number of hydrogen-bond acceptors (Lipinski definition) is 3. The summed E-state index contributed by atoms with van der Waals surface area (Å²) < 4.78 is 0. The lowest BCUT2D eigenvalue weighted by molar-refractivity contribution is -0.122. The van der Waals surface area contributed by atoms with Crippen molar-refractivity contribution in [3.05, 3.63) is 12.3 Å². The highest BCUT2D eigenvalue weighted by atomic mass is 35.5. The van der Waals surface area contributed by atoms with Crippen LogP contribution in [-0.2, 0) is 4.79 Å². The molecule has 2 N–H and O–H groups in total. The zero-order valence-electron chi connectivity index (χ0n) is 8.91. The molecule has 90 valence electrons. The lowest BCUT2D eigenvalue weighted by Crippen LogP contribution is -2.48. The molecule has 0 bridgehead atoms. The van der Waals surface area contributed by atoms with Gasteiger partial charge in [-0.3, -0.25) is 4.79 Å². The number of aliphatic hydroxyl groups excluding tert-OH is 1. The van der Waals surface area contributed by atoms with Crippen LogP contribution in [0.2, 0.25) is 0 Å². The largest absolute Gasteiger partial charge is 0.391 e. The maximum Gasteiger partial charge on any atom is 0.248 e. The highest BCUT2D eigenvalue weighted by Gasteiger charge is 2.41. The van der Waals surface area contributed by atoms with Crippen LogP contribution in [0.4, 0.5) is 0 Å². The number of hydrogen-bond donors (Lipinski definition) is 2. The Balaban J connectivity index is 2.60. The summed E-state index contributed by atoms with van der Waals surface area (Å²) in [7, 11) is 0. The minimum atomic E-state index is -1.33. The molecule has 4 nitrogen and oxygen atoms in total. The Bertz CT molecular complexity index is 331. The summed E-state index contributed by atoms with van der Waals surface area (Å²) in [5.74, 6) is -0.431. The zero-order chi connectivity index (χ0) is 12.2. The average Bonchev–Trinajstić information content (AvgIpc) is 2.29. The molecule has 1 aliphatic heterocycles. The summed E-state index contributed by atoms with van der Waals surface area (Å²) in [6.07, 6.45) is 3.48. The number of carbonyl (C=O) groups excluding carboxylic acids is 1. The van der Waals surface area contributed by atoms with Crippen LogP contribution in [0.3, 0.4) is 0 Å². The van der Waals surface area contributed by atoms with Crippen LogP contribution >= 0.6 is 23.2 Å². The molecule has 0 spiro atoms. The zero-order valence-corrected chi connectivity index (χ0v) is 10.4. The average molecular weight is 265 g/mol. The Morgan fingerprint density at radius 2 is 2.50 bits per heavy atom. The summed E-state index contributed by atoms with van der Waals surface area (Å²) in [6.45, 7) is 1.99. The van der Waals surface area contributed by atoms with Crippen molar-refractivity contribution < 1.29 is 9.90 Å². The Hall–Kier alpha value is -0.580. The Kier molecular flexibility index (Phi) is 4.77. The number of aliphatic hydroxyl groups is 1. The van der Waals surface area contributed by atoms with Crippen molar-refractivity contribution in [2.45, 2.75) is 30.7 Å². The van der Waals surface area contributed by atoms with E-state index in [1.54, 1.807) is 6.08 Å². The summed E-state index contributed by atoms with van der Waals surface area (Å²) in [6, 6.07) is 0. The van der Waals surface area contributed by atoms with Crippen LogP contribution in [0.5, 0.6) is 0 Å². The van der Waals surface area contributed by atoms with Gasteiger partial charge in [0.1, 0.15) is 5.17 Å². The molecule has 1 rings (SSSR count). The minimum Gasteiger partial charge on any atom is -0.391 e. The van der Waals surface area contributed by atoms with Gasteiger partial charge in [-0.05, 0) is 6.42 Å². The topological polar surface area (TPSA) is 61.7 Å². The Labute approximate surface area is 104 Å². The molecule has 0 aliphatic carbocycles. The molecular formula is C10H14Cl2N2O2. The molecule has 0 saturated heterocycles. The van der Waals surface area contributed by atoms with E-state index in [1.807, 2.05) is 6.92 Å². The summed E-state index contributed by atoms with van der Waals surface area (Å²) in [5.41, 5.74) is 0. The van der Waals surface area contributed by atoms with Crippen LogP contribution < -0.4 is 5.32 Å². The first-order chi connectivity index (χ1) is 7.50. The number of nitrogens with zero attached hydrogens (tertiary/aromatic N) is 1. The fourth-order valence-electron chi connectivity index (χ4n) is 1.20. The number of aliphatic imine (C=N–C) groups is 1. The number of rotatable bonds is 4. The molecule has 0 aromatic carbocycles. The van der Waals surface area contributed by atoms with Gasteiger partial charge in [-0.25, -0.2) is 4.99 Å². The van der Waals surface area contributed by atoms with Crippen molar-refractivity contribution in [3.8, 4) is 0 Å². The summed E-state index contributed by atoms with van der Waals surface area (Å²) in [5, 5.41) is 11.9. The van der Waals surface area contributed by atoms with E-state index in [0.717, 1.165) is 0 Å². The molecule has 2 atom stereocenters. The van der Waals surface area contributed by atoms with Gasteiger partial charge < -0.3 is 10.4 Å². The van der Waals surface area contributed by atoms with E-state index in [4.69, 9.17) is 23.2 Å². The number of alkyl halides is 1. The van der Waals surface area contributed by atoms with Gasteiger partial charge in [0.2, 0.25) is 5.91 Å². The number of amides is 1. The second-order valence-corrected chi connectivity index (χ2v) is 4.59. The molecule has 1 aliphatic rings. The third kappa shape index (κ3) is 2.97. The van der Waals surface area contributed by atoms with Crippen LogP contribution in [0.15, 0.2) is 17.3 Å². The molecule has 0 radical (unpaired) electrons. The van der Waals surface area contributed by atoms with Gasteiger partial charge in [-0.1, -0.05) is 24.6 Å². The highest BCUT2D eigenvalue weighted by Crippen LogP contribution is 2.28. The molecular weight excluding hydrogens is 251 g/mol. The van der Waals surface area contributed by atoms with Gasteiger partial charge in [0, 0.05) is 19.2 Å². The second kappa shape index (κ2) is 5.66. The van der Waals surface area contributed by atoms with E-state index in [1.165, 1.54) is 6.20 Å². The molecule has 2 unspecified atom stereocenters. The number of halogens is 2. The van der Waals surface area contributed by atoms with Crippen molar-refractivity contribution in [1.82, 2.24) is 5.32 Å². The van der Waals surface area contributed by atoms with Crippen LogP contribution in [0, 0.1) is 0 Å². The van der Waals surface area contributed by atoms with Gasteiger partial charge in [-0.2, -0.15) is 0 Å². The van der Waals surface area contributed by atoms with Crippen LogP contribution in [0.25, 0.3) is 0 Å². The predicted octanol–water partition coefficient (Wildman–Crippen LogP) is 1.41. The second-order valence-electron chi connectivity index (χ2n) is 3.58. The molecule has 0 fully saturated rings. The van der Waals surface area contributed by atoms with Gasteiger partial charge >= 0.3 is 0 Å². The smallest absolute Gasteiger partial charge is 0.248 e. The molecule has 0 aromatic rings. The van der Waals surface area contributed by atoms with Gasteiger partial charge in [0.15, 0.2) is 4.87 Å². The molecule has 0 aromatic heterocycles. The van der Waals surface area contributed by atoms with E-state index in [2.05, 4.69) is 10.3 Å². The molecule has 16 heavy (non-hydrogen) atoms. The first-order valence-corrected chi connectivity index (χ1v) is 5.80. The van der Waals surface area contributed by atoms with Crippen molar-refractivity contribution in [2.24, 2.45) is 4.99 Å². The summed E-state index contributed by atoms with van der Waals surface area (Å²) >= 11 is 11.9. The van der Waals surface area contributed by atoms with E-state index >= 15 is 0 Å². The van der Waals surface area contributed by atoms with E-state index < -0.39 is 16.9 Å². The van der Waals surface area contributed by atoms with Crippen LogP contribution in [-0.4, -0.2) is 33.7 Å². The monoisotopic (exact) mass is 264 g/mol. The quantitative estimate of drug-likeness (QED) is 0.755. The Morgan fingerprint density at radius 1 is 1.81 bits per heavy atom. The molecule has 1 heterocycles. The fraction of sp³-hybridized carbons (Fsp3) is 0.600. The third-order valence-corrected chi connectivity index (χ3v) is 3.37. The maximum absolute atomic E-state index is 11.8. The van der Waals surface area contributed by atoms with E-state index in [9.17, 15) is 9.90 Å². The van der Waals surface area contributed by atoms with Crippen molar-refractivity contribution in [2.75, 3.05) is 6.54 Å². The molecule has 0 saturated carbocycles. The fourth-order valence-corrected chi connectivity index (χ4v) is 1.63. The normalized spacial score (nSPS) is 26.1. The highest BCUT2D eigenvalue weighted by molar-refractivity contribution is 6.76. The molecule has 1 amide bonds. The number of allylic oxidation sites excluding steroid dienone is 1.